The minimum atomic E-state index is -0.972. The number of nitrogens with zero attached hydrogens (tertiary/aromatic N) is 1. The highest BCUT2D eigenvalue weighted by Crippen LogP contribution is 2.27. The number of benzene rings is 2. The van der Waals surface area contributed by atoms with Crippen LogP contribution in [0.25, 0.3) is 11.0 Å². The van der Waals surface area contributed by atoms with Gasteiger partial charge in [-0.15, -0.1) is 0 Å². The van der Waals surface area contributed by atoms with Crippen molar-refractivity contribution < 1.29 is 18.7 Å². The predicted octanol–water partition coefficient (Wildman–Crippen LogP) is 4.03. The standard InChI is InChI=1S/C22H20N2O4/c1-13-7-8-19-17(12-27-21(19)14(13)2)10-20(25)28-15(3)22(26)24-18-6-4-5-16(9-18)11-23/h4-9,12,15H,10H2,1-3H3,(H,24,26)/t15-/m1/s1. The molecule has 1 amide bonds. The summed E-state index contributed by atoms with van der Waals surface area (Å²) < 4.78 is 10.9. The van der Waals surface area contributed by atoms with Crippen LogP contribution in [0.3, 0.4) is 0 Å². The molecule has 6 heteroatoms. The fourth-order valence-electron chi connectivity index (χ4n) is 2.88. The number of nitriles is 1. The highest BCUT2D eigenvalue weighted by atomic mass is 16.5. The van der Waals surface area contributed by atoms with E-state index in [1.165, 1.54) is 6.92 Å². The number of ether oxygens (including phenoxy) is 1. The molecule has 1 aromatic heterocycles. The van der Waals surface area contributed by atoms with E-state index in [0.29, 0.717) is 11.3 Å². The van der Waals surface area contributed by atoms with Crippen LogP contribution in [0.4, 0.5) is 5.69 Å². The normalized spacial score (nSPS) is 11.6. The number of hydrogen-bond acceptors (Lipinski definition) is 5. The first-order chi connectivity index (χ1) is 13.4. The number of carbonyl (C=O) groups excluding carboxylic acids is 2. The summed E-state index contributed by atoms with van der Waals surface area (Å²) >= 11 is 0. The molecule has 0 saturated heterocycles. The summed E-state index contributed by atoms with van der Waals surface area (Å²) in [4.78, 5) is 24.5. The first-order valence-electron chi connectivity index (χ1n) is 8.86. The van der Waals surface area contributed by atoms with Gasteiger partial charge in [0.1, 0.15) is 5.58 Å². The summed E-state index contributed by atoms with van der Waals surface area (Å²) in [5, 5.41) is 12.4. The summed E-state index contributed by atoms with van der Waals surface area (Å²) in [6, 6.07) is 12.4. The van der Waals surface area contributed by atoms with Gasteiger partial charge < -0.3 is 14.5 Å². The van der Waals surface area contributed by atoms with Crippen LogP contribution in [-0.2, 0) is 20.7 Å². The average Bonchev–Trinajstić information content (AvgIpc) is 3.08. The number of hydrogen-bond donors (Lipinski definition) is 1. The van der Waals surface area contributed by atoms with E-state index >= 15 is 0 Å². The zero-order valence-electron chi connectivity index (χ0n) is 15.9. The smallest absolute Gasteiger partial charge is 0.311 e. The molecule has 0 fully saturated rings. The van der Waals surface area contributed by atoms with Crippen LogP contribution < -0.4 is 5.32 Å². The van der Waals surface area contributed by atoms with Gasteiger partial charge in [0.25, 0.3) is 5.91 Å². The molecule has 1 heterocycles. The van der Waals surface area contributed by atoms with Crippen LogP contribution in [0.1, 0.15) is 29.2 Å². The second-order valence-corrected chi connectivity index (χ2v) is 6.64. The molecule has 142 valence electrons. The Morgan fingerprint density at radius 2 is 2.04 bits per heavy atom. The largest absolute Gasteiger partial charge is 0.464 e. The number of amides is 1. The van der Waals surface area contributed by atoms with Crippen molar-refractivity contribution in [3.8, 4) is 6.07 Å². The van der Waals surface area contributed by atoms with E-state index in [1.807, 2.05) is 32.0 Å². The Morgan fingerprint density at radius 1 is 1.25 bits per heavy atom. The van der Waals surface area contributed by atoms with Crippen LogP contribution in [0.5, 0.6) is 0 Å². The lowest BCUT2D eigenvalue weighted by molar-refractivity contribution is -0.152. The van der Waals surface area contributed by atoms with Gasteiger partial charge in [-0.2, -0.15) is 5.26 Å². The maximum absolute atomic E-state index is 12.3. The van der Waals surface area contributed by atoms with Crippen LogP contribution in [0.15, 0.2) is 47.1 Å². The number of aryl methyl sites for hydroxylation is 2. The Balaban J connectivity index is 1.63. The fourth-order valence-corrected chi connectivity index (χ4v) is 2.88. The summed E-state index contributed by atoms with van der Waals surface area (Å²) in [5.41, 5.74) is 4.52. The van der Waals surface area contributed by atoms with Crippen molar-refractivity contribution in [3.63, 3.8) is 0 Å². The maximum atomic E-state index is 12.3. The van der Waals surface area contributed by atoms with Crippen molar-refractivity contribution in [1.29, 1.82) is 5.26 Å². The van der Waals surface area contributed by atoms with E-state index in [9.17, 15) is 9.59 Å². The molecule has 3 aromatic rings. The molecule has 0 radical (unpaired) electrons. The zero-order valence-corrected chi connectivity index (χ0v) is 15.9. The lowest BCUT2D eigenvalue weighted by Crippen LogP contribution is -2.30. The summed E-state index contributed by atoms with van der Waals surface area (Å²) in [6.45, 7) is 5.47. The van der Waals surface area contributed by atoms with Gasteiger partial charge in [-0.25, -0.2) is 0 Å². The van der Waals surface area contributed by atoms with Crippen LogP contribution in [-0.4, -0.2) is 18.0 Å². The molecule has 3 rings (SSSR count). The van der Waals surface area contributed by atoms with Gasteiger partial charge in [-0.3, -0.25) is 9.59 Å². The first-order valence-corrected chi connectivity index (χ1v) is 8.86. The summed E-state index contributed by atoms with van der Waals surface area (Å²) in [6.07, 6.45) is 0.591. The Labute approximate surface area is 162 Å². The lowest BCUT2D eigenvalue weighted by Gasteiger charge is -2.13. The molecular weight excluding hydrogens is 356 g/mol. The van der Waals surface area contributed by atoms with Crippen molar-refractivity contribution in [3.05, 3.63) is 64.9 Å². The van der Waals surface area contributed by atoms with Gasteiger partial charge in [0, 0.05) is 16.6 Å². The van der Waals surface area contributed by atoms with Gasteiger partial charge in [0.15, 0.2) is 6.10 Å². The van der Waals surface area contributed by atoms with E-state index in [0.717, 1.165) is 27.7 Å². The highest BCUT2D eigenvalue weighted by molar-refractivity contribution is 5.95. The van der Waals surface area contributed by atoms with E-state index in [1.54, 1.807) is 30.5 Å². The third-order valence-corrected chi connectivity index (χ3v) is 4.61. The minimum Gasteiger partial charge on any atom is -0.464 e. The summed E-state index contributed by atoms with van der Waals surface area (Å²) in [7, 11) is 0. The second-order valence-electron chi connectivity index (χ2n) is 6.64. The topological polar surface area (TPSA) is 92.3 Å². The predicted molar refractivity (Wildman–Crippen MR) is 105 cm³/mol. The molecule has 0 bridgehead atoms. The van der Waals surface area contributed by atoms with E-state index in [-0.39, 0.29) is 6.42 Å². The van der Waals surface area contributed by atoms with Crippen LogP contribution in [0.2, 0.25) is 0 Å². The first kappa shape index (κ1) is 19.2. The molecule has 0 aliphatic rings. The van der Waals surface area contributed by atoms with Crippen molar-refractivity contribution in [1.82, 2.24) is 0 Å². The number of fused-ring (bicyclic) bond motifs is 1. The quantitative estimate of drug-likeness (QED) is 0.679. The lowest BCUT2D eigenvalue weighted by atomic mass is 10.0. The van der Waals surface area contributed by atoms with Gasteiger partial charge >= 0.3 is 5.97 Å². The van der Waals surface area contributed by atoms with E-state index < -0.39 is 18.0 Å². The maximum Gasteiger partial charge on any atom is 0.311 e. The highest BCUT2D eigenvalue weighted by Gasteiger charge is 2.20. The summed E-state index contributed by atoms with van der Waals surface area (Å²) in [5.74, 6) is -0.985. The van der Waals surface area contributed by atoms with Crippen molar-refractivity contribution in [2.24, 2.45) is 0 Å². The molecule has 0 saturated carbocycles. The molecule has 28 heavy (non-hydrogen) atoms. The molecular formula is C22H20N2O4. The Kier molecular flexibility index (Phi) is 5.46. The van der Waals surface area contributed by atoms with Crippen LogP contribution in [0, 0.1) is 25.2 Å². The van der Waals surface area contributed by atoms with Gasteiger partial charge in [0.2, 0.25) is 0 Å². The number of nitrogens with one attached hydrogen (secondary N) is 1. The number of carbonyl (C=O) groups is 2. The molecule has 0 unspecified atom stereocenters. The number of anilines is 1. The average molecular weight is 376 g/mol. The minimum absolute atomic E-state index is 0.0110. The number of rotatable bonds is 5. The van der Waals surface area contributed by atoms with Gasteiger partial charge in [-0.05, 0) is 50.1 Å². The van der Waals surface area contributed by atoms with E-state index in [4.69, 9.17) is 14.4 Å². The van der Waals surface area contributed by atoms with Crippen LogP contribution >= 0.6 is 0 Å². The second kappa shape index (κ2) is 7.97. The molecule has 6 nitrogen and oxygen atoms in total. The Bertz CT molecular complexity index is 1090. The van der Waals surface area contributed by atoms with Crippen molar-refractivity contribution in [2.45, 2.75) is 33.3 Å². The zero-order chi connectivity index (χ0) is 20.3. The van der Waals surface area contributed by atoms with Gasteiger partial charge in [0.05, 0.1) is 24.3 Å². The Morgan fingerprint density at radius 3 is 2.79 bits per heavy atom. The fraction of sp³-hybridized carbons (Fsp3) is 0.227. The molecule has 0 spiro atoms. The Hall–Kier alpha value is -3.59. The van der Waals surface area contributed by atoms with Crippen molar-refractivity contribution in [2.75, 3.05) is 5.32 Å². The van der Waals surface area contributed by atoms with Crippen molar-refractivity contribution >= 4 is 28.5 Å². The number of furan rings is 1. The molecule has 0 aliphatic heterocycles. The third-order valence-electron chi connectivity index (χ3n) is 4.61. The third kappa shape index (κ3) is 4.04. The van der Waals surface area contributed by atoms with E-state index in [2.05, 4.69) is 5.32 Å². The molecule has 1 N–H and O–H groups in total. The van der Waals surface area contributed by atoms with Gasteiger partial charge in [-0.1, -0.05) is 18.2 Å². The SMILES string of the molecule is Cc1ccc2c(CC(=O)O[C@H](C)C(=O)Nc3cccc(C#N)c3)coc2c1C. The monoisotopic (exact) mass is 376 g/mol. The molecule has 1 atom stereocenters. The molecule has 2 aromatic carbocycles. The number of esters is 1. The molecule has 0 aliphatic carbocycles.